The molecule has 1 atom stereocenters. The molecule has 5 heteroatoms. The maximum absolute atomic E-state index is 12.9. The van der Waals surface area contributed by atoms with Crippen LogP contribution in [0.2, 0.25) is 0 Å². The summed E-state index contributed by atoms with van der Waals surface area (Å²) in [5.41, 5.74) is 3.73. The predicted molar refractivity (Wildman–Crippen MR) is 102 cm³/mol. The highest BCUT2D eigenvalue weighted by atomic mass is 16.2. The fraction of sp³-hybridized carbons (Fsp3) is 0.524. The fourth-order valence-electron chi connectivity index (χ4n) is 4.22. The van der Waals surface area contributed by atoms with Gasteiger partial charge in [0.1, 0.15) is 5.82 Å². The highest BCUT2D eigenvalue weighted by Crippen LogP contribution is 2.25. The van der Waals surface area contributed by atoms with Crippen molar-refractivity contribution in [3.8, 4) is 0 Å². The molecule has 138 valence electrons. The molecule has 26 heavy (non-hydrogen) atoms. The maximum Gasteiger partial charge on any atom is 0.226 e. The van der Waals surface area contributed by atoms with Crippen LogP contribution >= 0.6 is 0 Å². The standard InChI is InChI=1S/C21H28N4O/c1-16-22-19-8-7-18(15-20(19)23-16)21(26)25-13-11-24(12-14-25)10-9-17-5-3-2-4-6-17/h2-6,18H,7-15H2,1H3,(H,22,23)/t18-/m1/s1. The molecule has 5 nitrogen and oxygen atoms in total. The third-order valence-electron chi connectivity index (χ3n) is 5.76. The van der Waals surface area contributed by atoms with E-state index in [-0.39, 0.29) is 5.92 Å². The quantitative estimate of drug-likeness (QED) is 0.918. The number of hydrogen-bond donors (Lipinski definition) is 1. The number of carbonyl (C=O) groups excluding carboxylic acids is 1. The number of hydrogen-bond acceptors (Lipinski definition) is 3. The van der Waals surface area contributed by atoms with Crippen molar-refractivity contribution in [2.24, 2.45) is 5.92 Å². The summed E-state index contributed by atoms with van der Waals surface area (Å²) >= 11 is 0. The number of nitrogens with zero attached hydrogens (tertiary/aromatic N) is 3. The number of piperazine rings is 1. The Morgan fingerprint density at radius 2 is 1.96 bits per heavy atom. The second-order valence-corrected chi connectivity index (χ2v) is 7.59. The molecule has 1 amide bonds. The van der Waals surface area contributed by atoms with Crippen LogP contribution in [0.25, 0.3) is 0 Å². The van der Waals surface area contributed by atoms with Gasteiger partial charge in [-0.25, -0.2) is 4.98 Å². The molecule has 1 N–H and O–H groups in total. The summed E-state index contributed by atoms with van der Waals surface area (Å²) in [4.78, 5) is 25.3. The lowest BCUT2D eigenvalue weighted by Gasteiger charge is -2.37. The van der Waals surface area contributed by atoms with Crippen LogP contribution in [-0.2, 0) is 24.1 Å². The lowest BCUT2D eigenvalue weighted by Crippen LogP contribution is -2.51. The molecule has 0 saturated carbocycles. The Hall–Kier alpha value is -2.14. The van der Waals surface area contributed by atoms with E-state index in [0.717, 1.165) is 69.9 Å². The van der Waals surface area contributed by atoms with Crippen LogP contribution in [0.5, 0.6) is 0 Å². The van der Waals surface area contributed by atoms with E-state index in [1.807, 2.05) is 6.92 Å². The molecular formula is C21H28N4O. The average Bonchev–Trinajstić information content (AvgIpc) is 3.06. The number of carbonyl (C=O) groups is 1. The van der Waals surface area contributed by atoms with Gasteiger partial charge in [-0.3, -0.25) is 9.69 Å². The molecule has 0 unspecified atom stereocenters. The van der Waals surface area contributed by atoms with Crippen molar-refractivity contribution in [2.75, 3.05) is 32.7 Å². The molecule has 0 bridgehead atoms. The van der Waals surface area contributed by atoms with Gasteiger partial charge in [0.25, 0.3) is 0 Å². The third kappa shape index (κ3) is 3.83. The van der Waals surface area contributed by atoms with E-state index >= 15 is 0 Å². The highest BCUT2D eigenvalue weighted by molar-refractivity contribution is 5.79. The number of aryl methyl sites for hydroxylation is 2. The number of nitrogens with one attached hydrogen (secondary N) is 1. The van der Waals surface area contributed by atoms with Gasteiger partial charge in [-0.1, -0.05) is 30.3 Å². The lowest BCUT2D eigenvalue weighted by molar-refractivity contribution is -0.137. The van der Waals surface area contributed by atoms with E-state index in [4.69, 9.17) is 0 Å². The smallest absolute Gasteiger partial charge is 0.226 e. The minimum atomic E-state index is 0.123. The molecule has 2 heterocycles. The van der Waals surface area contributed by atoms with Gasteiger partial charge in [0.2, 0.25) is 5.91 Å². The van der Waals surface area contributed by atoms with E-state index in [0.29, 0.717) is 5.91 Å². The van der Waals surface area contributed by atoms with E-state index in [9.17, 15) is 4.79 Å². The van der Waals surface area contributed by atoms with Gasteiger partial charge >= 0.3 is 0 Å². The van der Waals surface area contributed by atoms with Gasteiger partial charge in [0.05, 0.1) is 5.69 Å². The average molecular weight is 352 g/mol. The number of rotatable bonds is 4. The Kier molecular flexibility index (Phi) is 5.07. The Balaban J connectivity index is 1.26. The van der Waals surface area contributed by atoms with E-state index in [1.165, 1.54) is 11.3 Å². The van der Waals surface area contributed by atoms with Crippen molar-refractivity contribution < 1.29 is 4.79 Å². The van der Waals surface area contributed by atoms with Crippen LogP contribution in [0, 0.1) is 12.8 Å². The molecule has 2 aliphatic rings. The Morgan fingerprint density at radius 3 is 2.73 bits per heavy atom. The first-order valence-corrected chi connectivity index (χ1v) is 9.78. The highest BCUT2D eigenvalue weighted by Gasteiger charge is 2.31. The molecule has 0 radical (unpaired) electrons. The van der Waals surface area contributed by atoms with Crippen LogP contribution in [0.3, 0.4) is 0 Å². The molecule has 1 aromatic carbocycles. The molecule has 1 aliphatic carbocycles. The molecule has 1 aromatic heterocycles. The first-order valence-electron chi connectivity index (χ1n) is 9.78. The molecule has 1 saturated heterocycles. The first-order chi connectivity index (χ1) is 12.7. The van der Waals surface area contributed by atoms with Crippen molar-refractivity contribution in [1.29, 1.82) is 0 Å². The fourth-order valence-corrected chi connectivity index (χ4v) is 4.22. The number of amides is 1. The van der Waals surface area contributed by atoms with Gasteiger partial charge < -0.3 is 9.88 Å². The van der Waals surface area contributed by atoms with Crippen LogP contribution in [0.4, 0.5) is 0 Å². The lowest BCUT2D eigenvalue weighted by atomic mass is 9.88. The van der Waals surface area contributed by atoms with Crippen LogP contribution in [0.15, 0.2) is 30.3 Å². The zero-order valence-electron chi connectivity index (χ0n) is 15.6. The minimum Gasteiger partial charge on any atom is -0.346 e. The number of H-pyrrole nitrogens is 1. The van der Waals surface area contributed by atoms with Crippen LogP contribution in [0.1, 0.15) is 29.2 Å². The third-order valence-corrected chi connectivity index (χ3v) is 5.76. The van der Waals surface area contributed by atoms with Crippen LogP contribution in [-0.4, -0.2) is 58.4 Å². The summed E-state index contributed by atoms with van der Waals surface area (Å²) in [5.74, 6) is 1.43. The van der Waals surface area contributed by atoms with Crippen molar-refractivity contribution in [3.63, 3.8) is 0 Å². The Labute approximate surface area is 155 Å². The van der Waals surface area contributed by atoms with Gasteiger partial charge in [-0.2, -0.15) is 0 Å². The summed E-state index contributed by atoms with van der Waals surface area (Å²) in [6.07, 6.45) is 3.76. The van der Waals surface area contributed by atoms with E-state index in [1.54, 1.807) is 0 Å². The van der Waals surface area contributed by atoms with Gasteiger partial charge in [-0.15, -0.1) is 0 Å². The molecular weight excluding hydrogens is 324 g/mol. The second kappa shape index (κ2) is 7.62. The van der Waals surface area contributed by atoms with Crippen molar-refractivity contribution >= 4 is 5.91 Å². The predicted octanol–water partition coefficient (Wildman–Crippen LogP) is 2.21. The number of aromatic amines is 1. The zero-order chi connectivity index (χ0) is 17.9. The monoisotopic (exact) mass is 352 g/mol. The first kappa shape index (κ1) is 17.3. The molecule has 2 aromatic rings. The summed E-state index contributed by atoms with van der Waals surface area (Å²) < 4.78 is 0. The Bertz CT molecular complexity index is 747. The van der Waals surface area contributed by atoms with E-state index in [2.05, 4.69) is 50.1 Å². The molecule has 1 aliphatic heterocycles. The summed E-state index contributed by atoms with van der Waals surface area (Å²) in [5, 5.41) is 0. The summed E-state index contributed by atoms with van der Waals surface area (Å²) in [7, 11) is 0. The van der Waals surface area contributed by atoms with Gasteiger partial charge in [-0.05, 0) is 31.7 Å². The number of imidazole rings is 1. The normalized spacial score (nSPS) is 20.8. The van der Waals surface area contributed by atoms with Crippen molar-refractivity contribution in [1.82, 2.24) is 19.8 Å². The largest absolute Gasteiger partial charge is 0.346 e. The molecule has 0 spiro atoms. The van der Waals surface area contributed by atoms with Gasteiger partial charge in [0, 0.05) is 50.8 Å². The van der Waals surface area contributed by atoms with Gasteiger partial charge in [0.15, 0.2) is 0 Å². The SMILES string of the molecule is Cc1nc2c([nH]1)C[C@H](C(=O)N1CCN(CCc3ccccc3)CC1)CC2. The topological polar surface area (TPSA) is 52.2 Å². The minimum absolute atomic E-state index is 0.123. The maximum atomic E-state index is 12.9. The summed E-state index contributed by atoms with van der Waals surface area (Å²) in [6.45, 7) is 6.76. The summed E-state index contributed by atoms with van der Waals surface area (Å²) in [6, 6.07) is 10.6. The number of benzene rings is 1. The molecule has 4 rings (SSSR count). The Morgan fingerprint density at radius 1 is 1.19 bits per heavy atom. The van der Waals surface area contributed by atoms with Crippen molar-refractivity contribution in [3.05, 3.63) is 53.1 Å². The van der Waals surface area contributed by atoms with E-state index < -0.39 is 0 Å². The molecule has 1 fully saturated rings. The number of fused-ring (bicyclic) bond motifs is 1. The zero-order valence-corrected chi connectivity index (χ0v) is 15.6. The van der Waals surface area contributed by atoms with Crippen molar-refractivity contribution in [2.45, 2.75) is 32.6 Å². The second-order valence-electron chi connectivity index (χ2n) is 7.59. The number of aromatic nitrogens is 2. The van der Waals surface area contributed by atoms with Crippen LogP contribution < -0.4 is 0 Å².